The number of sulfonamides is 1. The zero-order valence-corrected chi connectivity index (χ0v) is 15.9. The SMILES string of the molecule is CCC(C)c1ccc(S(=O)(=O)Nc2ccc(-c3cnc(C)o3)cc2)cc1. The molecule has 0 radical (unpaired) electrons. The molecule has 3 rings (SSSR count). The molecule has 0 spiro atoms. The van der Waals surface area contributed by atoms with Gasteiger partial charge in [0.15, 0.2) is 11.7 Å². The van der Waals surface area contributed by atoms with Crippen molar-refractivity contribution in [2.45, 2.75) is 38.0 Å². The van der Waals surface area contributed by atoms with E-state index in [2.05, 4.69) is 23.6 Å². The van der Waals surface area contributed by atoms with Crippen molar-refractivity contribution in [1.29, 1.82) is 0 Å². The molecule has 0 saturated carbocycles. The van der Waals surface area contributed by atoms with E-state index in [0.717, 1.165) is 17.5 Å². The summed E-state index contributed by atoms with van der Waals surface area (Å²) in [6.07, 6.45) is 2.66. The molecule has 2 aromatic carbocycles. The molecule has 136 valence electrons. The van der Waals surface area contributed by atoms with Crippen LogP contribution < -0.4 is 4.72 Å². The maximum absolute atomic E-state index is 12.6. The zero-order valence-electron chi connectivity index (χ0n) is 15.1. The van der Waals surface area contributed by atoms with Crippen LogP contribution in [0.3, 0.4) is 0 Å². The minimum absolute atomic E-state index is 0.250. The van der Waals surface area contributed by atoms with Gasteiger partial charge in [0.2, 0.25) is 0 Å². The number of benzene rings is 2. The Bertz CT molecular complexity index is 975. The number of hydrogen-bond donors (Lipinski definition) is 1. The van der Waals surface area contributed by atoms with Gasteiger partial charge in [0, 0.05) is 18.2 Å². The quantitative estimate of drug-likeness (QED) is 0.665. The van der Waals surface area contributed by atoms with Crippen LogP contribution in [0.1, 0.15) is 37.6 Å². The fourth-order valence-corrected chi connectivity index (χ4v) is 3.68. The first-order chi connectivity index (χ1) is 12.4. The van der Waals surface area contributed by atoms with E-state index >= 15 is 0 Å². The summed E-state index contributed by atoms with van der Waals surface area (Å²) in [6, 6.07) is 14.0. The maximum Gasteiger partial charge on any atom is 0.261 e. The lowest BCUT2D eigenvalue weighted by atomic mass is 9.99. The highest BCUT2D eigenvalue weighted by atomic mass is 32.2. The average Bonchev–Trinajstić information content (AvgIpc) is 3.08. The lowest BCUT2D eigenvalue weighted by Crippen LogP contribution is -2.13. The van der Waals surface area contributed by atoms with Gasteiger partial charge >= 0.3 is 0 Å². The second kappa shape index (κ2) is 7.33. The number of aromatic nitrogens is 1. The summed E-state index contributed by atoms with van der Waals surface area (Å²) in [6.45, 7) is 6.01. The summed E-state index contributed by atoms with van der Waals surface area (Å²) >= 11 is 0. The Morgan fingerprint density at radius 3 is 2.27 bits per heavy atom. The van der Waals surface area contributed by atoms with E-state index in [4.69, 9.17) is 4.42 Å². The van der Waals surface area contributed by atoms with Gasteiger partial charge in [-0.3, -0.25) is 4.72 Å². The predicted octanol–water partition coefficient (Wildman–Crippen LogP) is 4.96. The lowest BCUT2D eigenvalue weighted by molar-refractivity contribution is 0.534. The van der Waals surface area contributed by atoms with Crippen LogP contribution in [-0.4, -0.2) is 13.4 Å². The molecule has 1 aromatic heterocycles. The van der Waals surface area contributed by atoms with Crippen molar-refractivity contribution >= 4 is 15.7 Å². The van der Waals surface area contributed by atoms with Gasteiger partial charge in [0.25, 0.3) is 10.0 Å². The molecule has 0 aliphatic heterocycles. The normalized spacial score (nSPS) is 12.7. The third-order valence-corrected chi connectivity index (χ3v) is 5.81. The molecule has 0 aliphatic rings. The second-order valence-electron chi connectivity index (χ2n) is 6.30. The standard InChI is InChI=1S/C20H22N2O3S/c1-4-14(2)16-7-11-19(12-8-16)26(23,24)22-18-9-5-17(6-10-18)20-13-21-15(3)25-20/h5-14,22H,4H2,1-3H3. The molecule has 0 fully saturated rings. The van der Waals surface area contributed by atoms with E-state index in [1.54, 1.807) is 49.5 Å². The van der Waals surface area contributed by atoms with Gasteiger partial charge in [-0.05, 0) is 54.3 Å². The molecule has 3 aromatic rings. The zero-order chi connectivity index (χ0) is 18.7. The van der Waals surface area contributed by atoms with Crippen molar-refractivity contribution in [3.63, 3.8) is 0 Å². The van der Waals surface area contributed by atoms with Crippen LogP contribution in [0, 0.1) is 6.92 Å². The third-order valence-electron chi connectivity index (χ3n) is 4.41. The summed E-state index contributed by atoms with van der Waals surface area (Å²) in [5, 5.41) is 0. The summed E-state index contributed by atoms with van der Waals surface area (Å²) in [5.41, 5.74) is 2.47. The molecule has 0 bridgehead atoms. The van der Waals surface area contributed by atoms with Gasteiger partial charge in [-0.25, -0.2) is 13.4 Å². The topological polar surface area (TPSA) is 72.2 Å². The highest BCUT2D eigenvalue weighted by Crippen LogP contribution is 2.24. The monoisotopic (exact) mass is 370 g/mol. The molecule has 0 amide bonds. The van der Waals surface area contributed by atoms with Crippen molar-refractivity contribution in [3.05, 3.63) is 66.2 Å². The molecule has 6 heteroatoms. The second-order valence-corrected chi connectivity index (χ2v) is 7.99. The molecule has 1 heterocycles. The Hall–Kier alpha value is -2.60. The molecule has 1 N–H and O–H groups in total. The van der Waals surface area contributed by atoms with Crippen LogP contribution in [0.2, 0.25) is 0 Å². The van der Waals surface area contributed by atoms with Gasteiger partial charge in [0.1, 0.15) is 0 Å². The first kappa shape index (κ1) is 18.2. The molecule has 0 saturated heterocycles. The molecule has 26 heavy (non-hydrogen) atoms. The van der Waals surface area contributed by atoms with Crippen molar-refractivity contribution in [3.8, 4) is 11.3 Å². The highest BCUT2D eigenvalue weighted by Gasteiger charge is 2.15. The van der Waals surface area contributed by atoms with Gasteiger partial charge in [0.05, 0.1) is 11.1 Å². The molecule has 1 unspecified atom stereocenters. The lowest BCUT2D eigenvalue weighted by Gasteiger charge is -2.11. The number of oxazole rings is 1. The van der Waals surface area contributed by atoms with E-state index in [9.17, 15) is 8.42 Å². The number of rotatable bonds is 6. The van der Waals surface area contributed by atoms with Crippen LogP contribution >= 0.6 is 0 Å². The van der Waals surface area contributed by atoms with E-state index in [1.807, 2.05) is 12.1 Å². The highest BCUT2D eigenvalue weighted by molar-refractivity contribution is 7.92. The fourth-order valence-electron chi connectivity index (χ4n) is 2.62. The van der Waals surface area contributed by atoms with E-state index < -0.39 is 10.0 Å². The van der Waals surface area contributed by atoms with Crippen molar-refractivity contribution < 1.29 is 12.8 Å². The maximum atomic E-state index is 12.6. The Kier molecular flexibility index (Phi) is 5.13. The summed E-state index contributed by atoms with van der Waals surface area (Å²) in [5.74, 6) is 1.65. The van der Waals surface area contributed by atoms with Crippen LogP contribution in [0.15, 0.2) is 64.0 Å². The Balaban J connectivity index is 1.76. The molecule has 5 nitrogen and oxygen atoms in total. The number of hydrogen-bond acceptors (Lipinski definition) is 4. The summed E-state index contributed by atoms with van der Waals surface area (Å²) < 4.78 is 33.2. The number of nitrogens with one attached hydrogen (secondary N) is 1. The number of nitrogens with zero attached hydrogens (tertiary/aromatic N) is 1. The molecular weight excluding hydrogens is 348 g/mol. The van der Waals surface area contributed by atoms with Crippen LogP contribution in [0.5, 0.6) is 0 Å². The fraction of sp³-hybridized carbons (Fsp3) is 0.250. The average molecular weight is 370 g/mol. The van der Waals surface area contributed by atoms with Gasteiger partial charge < -0.3 is 4.42 Å². The molecule has 0 aliphatic carbocycles. The minimum Gasteiger partial charge on any atom is -0.441 e. The van der Waals surface area contributed by atoms with Crippen molar-refractivity contribution in [2.75, 3.05) is 4.72 Å². The first-order valence-electron chi connectivity index (χ1n) is 8.54. The van der Waals surface area contributed by atoms with Crippen LogP contribution in [0.25, 0.3) is 11.3 Å². The Morgan fingerprint density at radius 2 is 1.73 bits per heavy atom. The van der Waals surface area contributed by atoms with Crippen molar-refractivity contribution in [2.24, 2.45) is 0 Å². The van der Waals surface area contributed by atoms with E-state index in [-0.39, 0.29) is 4.90 Å². The van der Waals surface area contributed by atoms with E-state index in [1.165, 1.54) is 0 Å². The smallest absolute Gasteiger partial charge is 0.261 e. The van der Waals surface area contributed by atoms with Crippen molar-refractivity contribution in [1.82, 2.24) is 4.98 Å². The minimum atomic E-state index is -3.62. The van der Waals surface area contributed by atoms with Gasteiger partial charge in [-0.2, -0.15) is 0 Å². The Labute approximate surface area is 154 Å². The molecular formula is C20H22N2O3S. The molecule has 1 atom stereocenters. The van der Waals surface area contributed by atoms with Crippen LogP contribution in [-0.2, 0) is 10.0 Å². The Morgan fingerprint density at radius 1 is 1.08 bits per heavy atom. The van der Waals surface area contributed by atoms with Gasteiger partial charge in [-0.15, -0.1) is 0 Å². The first-order valence-corrected chi connectivity index (χ1v) is 10.0. The largest absolute Gasteiger partial charge is 0.441 e. The summed E-state index contributed by atoms with van der Waals surface area (Å²) in [4.78, 5) is 4.31. The number of anilines is 1. The third kappa shape index (κ3) is 3.96. The van der Waals surface area contributed by atoms with Gasteiger partial charge in [-0.1, -0.05) is 26.0 Å². The predicted molar refractivity (Wildman–Crippen MR) is 103 cm³/mol. The number of aryl methyl sites for hydroxylation is 1. The van der Waals surface area contributed by atoms with Crippen LogP contribution in [0.4, 0.5) is 5.69 Å². The van der Waals surface area contributed by atoms with E-state index in [0.29, 0.717) is 23.3 Å². The summed E-state index contributed by atoms with van der Waals surface area (Å²) in [7, 11) is -3.62.